The Bertz CT molecular complexity index is 964. The lowest BCUT2D eigenvalue weighted by Crippen LogP contribution is -1.97. The molecule has 0 atom stereocenters. The molecule has 0 radical (unpaired) electrons. The molecule has 0 aliphatic carbocycles. The number of rotatable bonds is 7. The Morgan fingerprint density at radius 1 is 1.11 bits per heavy atom. The summed E-state index contributed by atoms with van der Waals surface area (Å²) in [6.45, 7) is 0. The smallest absolute Gasteiger partial charge is 0.308 e. The Kier molecular flexibility index (Phi) is 5.51. The van der Waals surface area contributed by atoms with Crippen LogP contribution in [0.5, 0.6) is 11.5 Å². The largest absolute Gasteiger partial charge is 0.493 e. The van der Waals surface area contributed by atoms with Crippen molar-refractivity contribution < 1.29 is 23.9 Å². The molecular weight excluding hydrogens is 348 g/mol. The molecule has 2 aromatic carbocycles. The van der Waals surface area contributed by atoms with Crippen molar-refractivity contribution in [3.63, 3.8) is 0 Å². The van der Waals surface area contributed by atoms with Crippen LogP contribution in [0.1, 0.15) is 17.9 Å². The fourth-order valence-corrected chi connectivity index (χ4v) is 2.55. The number of nitrogens with zero attached hydrogens (tertiary/aromatic N) is 2. The first-order valence-electron chi connectivity index (χ1n) is 8.14. The average Bonchev–Trinajstić information content (AvgIpc) is 3.17. The maximum atomic E-state index is 11.2. The molecule has 0 saturated heterocycles. The number of methoxy groups -OCH3 is 2. The maximum Gasteiger partial charge on any atom is 0.308 e. The summed E-state index contributed by atoms with van der Waals surface area (Å²) in [5.41, 5.74) is 1.93. The second-order valence-corrected chi connectivity index (χ2v) is 5.64. The zero-order chi connectivity index (χ0) is 19.2. The van der Waals surface area contributed by atoms with Gasteiger partial charge in [0.15, 0.2) is 11.5 Å². The fraction of sp³-hybridized carbons (Fsp3) is 0.150. The van der Waals surface area contributed by atoms with Crippen LogP contribution in [0.4, 0.5) is 0 Å². The molecule has 0 aliphatic rings. The van der Waals surface area contributed by atoms with Gasteiger partial charge >= 0.3 is 5.97 Å². The summed E-state index contributed by atoms with van der Waals surface area (Å²) in [5.74, 6) is 0.622. The predicted octanol–water partition coefficient (Wildman–Crippen LogP) is 3.77. The molecule has 0 fully saturated rings. The lowest BCUT2D eigenvalue weighted by Gasteiger charge is -2.07. The Hall–Kier alpha value is -3.61. The van der Waals surface area contributed by atoms with E-state index in [0.717, 1.165) is 5.56 Å². The van der Waals surface area contributed by atoms with Crippen LogP contribution < -0.4 is 9.47 Å². The summed E-state index contributed by atoms with van der Waals surface area (Å²) in [6.07, 6.45) is 1.49. The van der Waals surface area contributed by atoms with E-state index in [2.05, 4.69) is 10.1 Å². The molecule has 0 amide bonds. The summed E-state index contributed by atoms with van der Waals surface area (Å²) in [6, 6.07) is 14.6. The number of carboxylic acid groups (broad SMARTS) is 1. The molecule has 3 rings (SSSR count). The molecule has 1 aromatic heterocycles. The molecule has 1 N–H and O–H groups in total. The van der Waals surface area contributed by atoms with Crippen LogP contribution in [0, 0.1) is 0 Å². The highest BCUT2D eigenvalue weighted by Gasteiger charge is 2.17. The Morgan fingerprint density at radius 2 is 1.85 bits per heavy atom. The molecule has 7 heteroatoms. The van der Waals surface area contributed by atoms with Crippen LogP contribution >= 0.6 is 0 Å². The average molecular weight is 366 g/mol. The minimum Gasteiger partial charge on any atom is -0.493 e. The van der Waals surface area contributed by atoms with E-state index in [-0.39, 0.29) is 12.3 Å². The first-order chi connectivity index (χ1) is 13.1. The Balaban J connectivity index is 1.96. The van der Waals surface area contributed by atoms with Gasteiger partial charge in [0.2, 0.25) is 5.82 Å². The lowest BCUT2D eigenvalue weighted by molar-refractivity contribution is -0.135. The van der Waals surface area contributed by atoms with Crippen molar-refractivity contribution in [2.45, 2.75) is 6.42 Å². The molecule has 0 spiro atoms. The first-order valence-corrected chi connectivity index (χ1v) is 8.14. The summed E-state index contributed by atoms with van der Waals surface area (Å²) in [5, 5.41) is 13.2. The number of benzene rings is 2. The molecule has 0 aliphatic heterocycles. The van der Waals surface area contributed by atoms with Gasteiger partial charge in [0.1, 0.15) is 0 Å². The van der Waals surface area contributed by atoms with E-state index in [9.17, 15) is 9.90 Å². The number of aliphatic carboxylic acids is 1. The van der Waals surface area contributed by atoms with Crippen LogP contribution in [0.25, 0.3) is 23.0 Å². The standard InChI is InChI=1S/C20H18N2O5/c1-25-16-9-8-14(11-17(16)26-2)19-21-20(27-22-19)15(12-18(23)24)10-13-6-4-3-5-7-13/h3-11H,12H2,1-2H3,(H,23,24)/b15-10+. The van der Waals surface area contributed by atoms with E-state index in [1.807, 2.05) is 30.3 Å². The van der Waals surface area contributed by atoms with Crippen molar-refractivity contribution in [2.24, 2.45) is 0 Å². The number of carboxylic acids is 1. The summed E-state index contributed by atoms with van der Waals surface area (Å²) in [7, 11) is 3.09. The minimum absolute atomic E-state index is 0.158. The predicted molar refractivity (Wildman–Crippen MR) is 99.4 cm³/mol. The second-order valence-electron chi connectivity index (χ2n) is 5.64. The maximum absolute atomic E-state index is 11.2. The van der Waals surface area contributed by atoms with E-state index in [0.29, 0.717) is 28.5 Å². The first kappa shape index (κ1) is 18.2. The van der Waals surface area contributed by atoms with Crippen LogP contribution in [0.2, 0.25) is 0 Å². The van der Waals surface area contributed by atoms with Crippen LogP contribution in [0.3, 0.4) is 0 Å². The van der Waals surface area contributed by atoms with Gasteiger partial charge in [0.05, 0.1) is 20.6 Å². The van der Waals surface area contributed by atoms with Crippen LogP contribution in [-0.2, 0) is 4.79 Å². The quantitative estimate of drug-likeness (QED) is 0.680. The van der Waals surface area contributed by atoms with Gasteiger partial charge in [-0.05, 0) is 29.8 Å². The molecule has 1 heterocycles. The minimum atomic E-state index is -0.983. The van der Waals surface area contributed by atoms with Gasteiger partial charge in [0.25, 0.3) is 5.89 Å². The van der Waals surface area contributed by atoms with E-state index in [1.165, 1.54) is 7.11 Å². The van der Waals surface area contributed by atoms with Crippen LogP contribution in [0.15, 0.2) is 53.1 Å². The van der Waals surface area contributed by atoms with Gasteiger partial charge in [-0.15, -0.1) is 0 Å². The van der Waals surface area contributed by atoms with Gasteiger partial charge in [0, 0.05) is 11.1 Å². The van der Waals surface area contributed by atoms with E-state index < -0.39 is 5.97 Å². The van der Waals surface area contributed by atoms with E-state index >= 15 is 0 Å². The van der Waals surface area contributed by atoms with E-state index in [1.54, 1.807) is 31.4 Å². The summed E-state index contributed by atoms with van der Waals surface area (Å²) >= 11 is 0. The number of hydrogen-bond acceptors (Lipinski definition) is 6. The van der Waals surface area contributed by atoms with E-state index in [4.69, 9.17) is 14.0 Å². The van der Waals surface area contributed by atoms with Crippen molar-refractivity contribution in [1.82, 2.24) is 10.1 Å². The highest BCUT2D eigenvalue weighted by atomic mass is 16.5. The van der Waals surface area contributed by atoms with Crippen LogP contribution in [-0.4, -0.2) is 35.4 Å². The summed E-state index contributed by atoms with van der Waals surface area (Å²) < 4.78 is 15.8. The highest BCUT2D eigenvalue weighted by molar-refractivity contribution is 5.89. The normalized spacial score (nSPS) is 11.3. The topological polar surface area (TPSA) is 94.7 Å². The third kappa shape index (κ3) is 4.33. The highest BCUT2D eigenvalue weighted by Crippen LogP contribution is 2.32. The van der Waals surface area contributed by atoms with Crippen molar-refractivity contribution in [3.8, 4) is 22.9 Å². The fourth-order valence-electron chi connectivity index (χ4n) is 2.55. The zero-order valence-corrected chi connectivity index (χ0v) is 14.9. The number of ether oxygens (including phenoxy) is 2. The SMILES string of the molecule is COc1ccc(-c2noc(/C(=C/c3ccccc3)CC(=O)O)n2)cc1OC. The molecule has 0 unspecified atom stereocenters. The molecule has 0 saturated carbocycles. The monoisotopic (exact) mass is 366 g/mol. The molecular formula is C20H18N2O5. The summed E-state index contributed by atoms with van der Waals surface area (Å²) in [4.78, 5) is 15.6. The van der Waals surface area contributed by atoms with Crippen molar-refractivity contribution >= 4 is 17.6 Å². The van der Waals surface area contributed by atoms with Crippen molar-refractivity contribution in [2.75, 3.05) is 14.2 Å². The van der Waals surface area contributed by atoms with Crippen molar-refractivity contribution in [1.29, 1.82) is 0 Å². The van der Waals surface area contributed by atoms with Gasteiger partial charge < -0.3 is 19.1 Å². The third-order valence-corrected chi connectivity index (χ3v) is 3.82. The third-order valence-electron chi connectivity index (χ3n) is 3.82. The number of carbonyl (C=O) groups is 1. The van der Waals surface area contributed by atoms with Gasteiger partial charge in [-0.2, -0.15) is 4.98 Å². The molecule has 138 valence electrons. The van der Waals surface area contributed by atoms with Gasteiger partial charge in [-0.25, -0.2) is 0 Å². The number of hydrogen-bond donors (Lipinski definition) is 1. The second kappa shape index (κ2) is 8.18. The molecule has 7 nitrogen and oxygen atoms in total. The van der Waals surface area contributed by atoms with Gasteiger partial charge in [-0.3, -0.25) is 4.79 Å². The zero-order valence-electron chi connectivity index (χ0n) is 14.9. The molecule has 3 aromatic rings. The number of aromatic nitrogens is 2. The lowest BCUT2D eigenvalue weighted by atomic mass is 10.1. The molecule has 0 bridgehead atoms. The Morgan fingerprint density at radius 3 is 2.52 bits per heavy atom. The molecule has 27 heavy (non-hydrogen) atoms. The van der Waals surface area contributed by atoms with Gasteiger partial charge in [-0.1, -0.05) is 35.5 Å². The Labute approximate surface area is 155 Å². The van der Waals surface area contributed by atoms with Crippen molar-refractivity contribution in [3.05, 3.63) is 60.0 Å².